The third-order valence-electron chi connectivity index (χ3n) is 3.25. The lowest BCUT2D eigenvalue weighted by Crippen LogP contribution is -2.68. The molecule has 4 N–H and O–H groups in total. The molecule has 1 aliphatic carbocycles. The maximum absolute atomic E-state index is 10.8. The van der Waals surface area contributed by atoms with Crippen molar-refractivity contribution in [1.29, 1.82) is 0 Å². The predicted octanol–water partition coefficient (Wildman–Crippen LogP) is 0.754. The van der Waals surface area contributed by atoms with Crippen LogP contribution in [0.15, 0.2) is 0 Å². The van der Waals surface area contributed by atoms with Gasteiger partial charge in [-0.2, -0.15) is 0 Å². The Kier molecular flexibility index (Phi) is 2.66. The van der Waals surface area contributed by atoms with Crippen molar-refractivity contribution in [3.63, 3.8) is 0 Å². The molecular weight excluding hydrogens is 166 g/mol. The molecule has 76 valence electrons. The van der Waals surface area contributed by atoms with Crippen LogP contribution in [-0.4, -0.2) is 17.1 Å². The number of carboxylic acid groups (broad SMARTS) is 1. The molecule has 0 unspecified atom stereocenters. The Morgan fingerprint density at radius 1 is 1.38 bits per heavy atom. The highest BCUT2D eigenvalue weighted by Crippen LogP contribution is 2.40. The van der Waals surface area contributed by atoms with E-state index in [4.69, 9.17) is 5.11 Å². The summed E-state index contributed by atoms with van der Waals surface area (Å²) in [7, 11) is 0. The molecule has 0 saturated heterocycles. The van der Waals surface area contributed by atoms with E-state index in [1.165, 1.54) is 0 Å². The van der Waals surface area contributed by atoms with Crippen molar-refractivity contribution >= 4 is 5.97 Å². The van der Waals surface area contributed by atoms with Crippen LogP contribution in [0.5, 0.6) is 0 Å². The van der Waals surface area contributed by atoms with Gasteiger partial charge in [0.1, 0.15) is 12.0 Å². The highest BCUT2D eigenvalue weighted by atomic mass is 16.4. The molecule has 0 aromatic carbocycles. The molecule has 0 aromatic heterocycles. The van der Waals surface area contributed by atoms with Gasteiger partial charge in [0, 0.05) is 5.92 Å². The van der Waals surface area contributed by atoms with Crippen molar-refractivity contribution in [2.75, 3.05) is 0 Å². The van der Waals surface area contributed by atoms with Gasteiger partial charge in [0.25, 0.3) is 0 Å². The van der Waals surface area contributed by atoms with Crippen molar-refractivity contribution in [2.24, 2.45) is 17.3 Å². The van der Waals surface area contributed by atoms with E-state index in [2.05, 4.69) is 26.5 Å². The predicted molar refractivity (Wildman–Crippen MR) is 50.0 cm³/mol. The summed E-state index contributed by atoms with van der Waals surface area (Å²) in [4.78, 5) is 10.8. The molecule has 1 fully saturated rings. The van der Waals surface area contributed by atoms with Gasteiger partial charge in [0.05, 0.1) is 0 Å². The zero-order valence-electron chi connectivity index (χ0n) is 8.71. The van der Waals surface area contributed by atoms with Crippen LogP contribution in [0.3, 0.4) is 0 Å². The van der Waals surface area contributed by atoms with Gasteiger partial charge in [0.2, 0.25) is 0 Å². The highest BCUT2D eigenvalue weighted by Gasteiger charge is 2.45. The minimum Gasteiger partial charge on any atom is -0.481 e. The van der Waals surface area contributed by atoms with Gasteiger partial charge in [-0.25, -0.2) is 0 Å². The summed E-state index contributed by atoms with van der Waals surface area (Å²) in [5, 5.41) is 8.93. The normalized spacial score (nSPS) is 34.9. The van der Waals surface area contributed by atoms with Crippen LogP contribution in [-0.2, 0) is 4.79 Å². The van der Waals surface area contributed by atoms with Crippen LogP contribution in [0.2, 0.25) is 0 Å². The molecule has 3 nitrogen and oxygen atoms in total. The Balaban J connectivity index is 2.71. The Labute approximate surface area is 79.3 Å². The molecule has 1 aliphatic rings. The Bertz CT molecular complexity index is 207. The van der Waals surface area contributed by atoms with Gasteiger partial charge >= 0.3 is 5.97 Å². The third-order valence-corrected chi connectivity index (χ3v) is 3.25. The Morgan fingerprint density at radius 3 is 2.15 bits per heavy atom. The molecule has 13 heavy (non-hydrogen) atoms. The van der Waals surface area contributed by atoms with Crippen molar-refractivity contribution in [3.05, 3.63) is 0 Å². The molecule has 3 heteroatoms. The molecule has 0 aromatic rings. The summed E-state index contributed by atoms with van der Waals surface area (Å²) in [5.41, 5.74) is 4.20. The monoisotopic (exact) mass is 186 g/mol. The topological polar surface area (TPSA) is 64.9 Å². The number of carbonyl (C=O) groups is 1. The first kappa shape index (κ1) is 10.5. The quantitative estimate of drug-likeness (QED) is 0.634. The number of rotatable bonds is 1. The number of quaternary nitrogens is 1. The van der Waals surface area contributed by atoms with E-state index >= 15 is 0 Å². The summed E-state index contributed by atoms with van der Waals surface area (Å²) < 4.78 is 0. The van der Waals surface area contributed by atoms with E-state index in [-0.39, 0.29) is 17.4 Å². The number of hydrogen-bond donors (Lipinski definition) is 2. The van der Waals surface area contributed by atoms with Gasteiger partial charge in [-0.05, 0) is 18.3 Å². The zero-order valence-corrected chi connectivity index (χ0v) is 8.71. The summed E-state index contributed by atoms with van der Waals surface area (Å²) in [6.07, 6.45) is 1.81. The van der Waals surface area contributed by atoms with Crippen LogP contribution >= 0.6 is 0 Å². The van der Waals surface area contributed by atoms with Gasteiger partial charge in [0.15, 0.2) is 0 Å². The average molecular weight is 186 g/mol. The fraction of sp³-hybridized carbons (Fsp3) is 0.900. The Morgan fingerprint density at radius 2 is 1.92 bits per heavy atom. The molecule has 0 aliphatic heterocycles. The van der Waals surface area contributed by atoms with E-state index in [0.717, 1.165) is 12.8 Å². The minimum atomic E-state index is -0.674. The smallest absolute Gasteiger partial charge is 0.312 e. The molecule has 0 amide bonds. The van der Waals surface area contributed by atoms with Crippen molar-refractivity contribution < 1.29 is 15.6 Å². The largest absolute Gasteiger partial charge is 0.481 e. The van der Waals surface area contributed by atoms with E-state index in [9.17, 15) is 4.79 Å². The highest BCUT2D eigenvalue weighted by molar-refractivity contribution is 5.71. The lowest BCUT2D eigenvalue weighted by atomic mass is 9.77. The molecule has 3 atom stereocenters. The number of carboxylic acids is 1. The van der Waals surface area contributed by atoms with Crippen LogP contribution in [0, 0.1) is 17.3 Å². The first-order valence-corrected chi connectivity index (χ1v) is 4.90. The molecule has 0 heterocycles. The second-order valence-corrected chi connectivity index (χ2v) is 5.16. The summed E-state index contributed by atoms with van der Waals surface area (Å²) in [6, 6.07) is 0.0810. The second-order valence-electron chi connectivity index (χ2n) is 5.16. The minimum absolute atomic E-state index is 0.0810. The van der Waals surface area contributed by atoms with Crippen molar-refractivity contribution in [1.82, 2.24) is 0 Å². The second kappa shape index (κ2) is 3.29. The van der Waals surface area contributed by atoms with Crippen molar-refractivity contribution in [3.8, 4) is 0 Å². The summed E-state index contributed by atoms with van der Waals surface area (Å²) >= 11 is 0. The van der Waals surface area contributed by atoms with Crippen LogP contribution in [0.4, 0.5) is 0 Å². The fourth-order valence-electron chi connectivity index (χ4n) is 2.45. The molecule has 0 bridgehead atoms. The first-order valence-electron chi connectivity index (χ1n) is 4.90. The maximum atomic E-state index is 10.8. The van der Waals surface area contributed by atoms with Gasteiger partial charge < -0.3 is 10.8 Å². The van der Waals surface area contributed by atoms with Crippen LogP contribution in [0.1, 0.15) is 33.6 Å². The molecular formula is C10H20NO2+. The number of hydrogen-bond acceptors (Lipinski definition) is 1. The lowest BCUT2D eigenvalue weighted by Gasteiger charge is -2.28. The zero-order chi connectivity index (χ0) is 10.2. The van der Waals surface area contributed by atoms with Crippen LogP contribution < -0.4 is 5.73 Å². The Hall–Kier alpha value is -0.570. The van der Waals surface area contributed by atoms with Gasteiger partial charge in [-0.15, -0.1) is 0 Å². The molecule has 0 spiro atoms. The maximum Gasteiger partial charge on any atom is 0.312 e. The van der Waals surface area contributed by atoms with Gasteiger partial charge in [-0.1, -0.05) is 20.8 Å². The van der Waals surface area contributed by atoms with E-state index in [0.29, 0.717) is 5.92 Å². The van der Waals surface area contributed by atoms with E-state index < -0.39 is 5.97 Å². The standard InChI is InChI=1S/C10H19NO2/c1-10(2,3)7-5-4-6(8(7)11)9(12)13/h6-8H,4-5,11H2,1-3H3,(H,12,13)/p+1/t6-,7+,8+/m0/s1. The van der Waals surface area contributed by atoms with Gasteiger partial charge in [-0.3, -0.25) is 4.79 Å². The third kappa shape index (κ3) is 2.02. The SMILES string of the molecule is CC(C)(C)[C@@H]1CC[C@H](C(=O)O)[C@H]1[NH3+]. The first-order chi connectivity index (χ1) is 5.84. The molecule has 1 rings (SSSR count). The van der Waals surface area contributed by atoms with E-state index in [1.54, 1.807) is 0 Å². The summed E-state index contributed by atoms with van der Waals surface area (Å²) in [5.74, 6) is -0.440. The molecule has 0 radical (unpaired) electrons. The lowest BCUT2D eigenvalue weighted by molar-refractivity contribution is -0.441. The average Bonchev–Trinajstić information content (AvgIpc) is 2.28. The molecule has 1 saturated carbocycles. The van der Waals surface area contributed by atoms with Crippen LogP contribution in [0.25, 0.3) is 0 Å². The van der Waals surface area contributed by atoms with Crippen molar-refractivity contribution in [2.45, 2.75) is 39.7 Å². The fourth-order valence-corrected chi connectivity index (χ4v) is 2.45. The number of aliphatic carboxylic acids is 1. The summed E-state index contributed by atoms with van der Waals surface area (Å²) in [6.45, 7) is 6.50. The van der Waals surface area contributed by atoms with E-state index in [1.807, 2.05) is 0 Å².